The van der Waals surface area contributed by atoms with Crippen molar-refractivity contribution in [3.8, 4) is 6.07 Å². The molecule has 1 N–H and O–H groups in total. The van der Waals surface area contributed by atoms with Gasteiger partial charge in [0.05, 0.1) is 22.3 Å². The summed E-state index contributed by atoms with van der Waals surface area (Å²) in [7, 11) is 0. The monoisotopic (exact) mass is 474 g/mol. The maximum absolute atomic E-state index is 14.0. The van der Waals surface area contributed by atoms with E-state index in [2.05, 4.69) is 10.3 Å². The fourth-order valence-electron chi connectivity index (χ4n) is 4.10. The lowest BCUT2D eigenvalue weighted by Gasteiger charge is -2.36. The third-order valence-corrected chi connectivity index (χ3v) is 5.96. The normalized spacial score (nSPS) is 14.2. The highest BCUT2D eigenvalue weighted by molar-refractivity contribution is 5.96. The summed E-state index contributed by atoms with van der Waals surface area (Å²) in [5.74, 6) is -0.904. The van der Waals surface area contributed by atoms with E-state index in [1.54, 1.807) is 35.4 Å². The first kappa shape index (κ1) is 23.6. The lowest BCUT2D eigenvalue weighted by molar-refractivity contribution is -0.384. The zero-order valence-corrected chi connectivity index (χ0v) is 19.0. The first-order valence-electron chi connectivity index (χ1n) is 11.1. The number of nitrogens with zero attached hydrogens (tertiary/aromatic N) is 5. The summed E-state index contributed by atoms with van der Waals surface area (Å²) in [4.78, 5) is 32.0. The van der Waals surface area contributed by atoms with Gasteiger partial charge < -0.3 is 15.1 Å². The molecule has 10 heteroatoms. The maximum Gasteiger partial charge on any atom is 0.293 e. The number of halogens is 1. The molecule has 2 heterocycles. The van der Waals surface area contributed by atoms with E-state index in [1.165, 1.54) is 18.2 Å². The van der Waals surface area contributed by atoms with Gasteiger partial charge in [0.2, 0.25) is 0 Å². The maximum atomic E-state index is 14.0. The highest BCUT2D eigenvalue weighted by Crippen LogP contribution is 2.30. The van der Waals surface area contributed by atoms with Crippen LogP contribution in [0.15, 0.2) is 60.8 Å². The van der Waals surface area contributed by atoms with Crippen LogP contribution in [0.2, 0.25) is 0 Å². The average Bonchev–Trinajstić information content (AvgIpc) is 2.88. The molecule has 0 radical (unpaired) electrons. The molecule has 1 atom stereocenters. The third-order valence-electron chi connectivity index (χ3n) is 5.96. The van der Waals surface area contributed by atoms with Gasteiger partial charge in [-0.1, -0.05) is 12.1 Å². The van der Waals surface area contributed by atoms with E-state index in [0.717, 1.165) is 5.69 Å². The van der Waals surface area contributed by atoms with Crippen LogP contribution in [-0.2, 0) is 0 Å². The van der Waals surface area contributed by atoms with E-state index in [-0.39, 0.29) is 28.8 Å². The van der Waals surface area contributed by atoms with Crippen molar-refractivity contribution < 1.29 is 14.1 Å². The SMILES string of the molecule is CC(Nc1ccc(C(=O)N2CCN(c3cccc(F)c3C#N)CC2)cc1[N+](=O)[O-])c1ccccn1. The molecule has 1 aliphatic rings. The quantitative estimate of drug-likeness (QED) is 0.422. The molecule has 2 aromatic carbocycles. The Kier molecular flexibility index (Phi) is 6.87. The second-order valence-corrected chi connectivity index (χ2v) is 8.13. The van der Waals surface area contributed by atoms with Gasteiger partial charge in [0.15, 0.2) is 0 Å². The topological polar surface area (TPSA) is 115 Å². The average molecular weight is 474 g/mol. The Morgan fingerprint density at radius 1 is 1.17 bits per heavy atom. The number of hydrogen-bond donors (Lipinski definition) is 1. The van der Waals surface area contributed by atoms with Crippen LogP contribution in [0.1, 0.15) is 34.6 Å². The fraction of sp³-hybridized carbons (Fsp3) is 0.240. The Balaban J connectivity index is 1.47. The third kappa shape index (κ3) is 5.04. The Morgan fingerprint density at radius 3 is 2.60 bits per heavy atom. The molecule has 9 nitrogen and oxygen atoms in total. The number of nitro benzene ring substituents is 1. The Morgan fingerprint density at radius 2 is 1.94 bits per heavy atom. The minimum Gasteiger partial charge on any atom is -0.371 e. The molecule has 35 heavy (non-hydrogen) atoms. The molecule has 1 fully saturated rings. The van der Waals surface area contributed by atoms with Crippen LogP contribution in [0.3, 0.4) is 0 Å². The van der Waals surface area contributed by atoms with Crippen molar-refractivity contribution in [2.24, 2.45) is 0 Å². The number of benzene rings is 2. The Bertz CT molecular complexity index is 1290. The summed E-state index contributed by atoms with van der Waals surface area (Å²) in [5.41, 5.74) is 1.52. The summed E-state index contributed by atoms with van der Waals surface area (Å²) in [6, 6.07) is 15.9. The van der Waals surface area contributed by atoms with Crippen LogP contribution in [0.5, 0.6) is 0 Å². The van der Waals surface area contributed by atoms with Crippen LogP contribution in [0.4, 0.5) is 21.5 Å². The lowest BCUT2D eigenvalue weighted by Crippen LogP contribution is -2.49. The predicted molar refractivity (Wildman–Crippen MR) is 129 cm³/mol. The number of nitro groups is 1. The van der Waals surface area contributed by atoms with Gasteiger partial charge in [-0.15, -0.1) is 0 Å². The van der Waals surface area contributed by atoms with E-state index < -0.39 is 10.7 Å². The second-order valence-electron chi connectivity index (χ2n) is 8.13. The summed E-state index contributed by atoms with van der Waals surface area (Å²) in [6.07, 6.45) is 1.65. The minimum absolute atomic E-state index is 0.0223. The van der Waals surface area contributed by atoms with Gasteiger partial charge in [0.1, 0.15) is 23.1 Å². The van der Waals surface area contributed by atoms with Gasteiger partial charge in [0, 0.05) is 44.0 Å². The number of piperazine rings is 1. The van der Waals surface area contributed by atoms with Gasteiger partial charge in [-0.25, -0.2) is 4.39 Å². The molecular formula is C25H23FN6O3. The molecule has 1 aromatic heterocycles. The number of amides is 1. The first-order valence-corrected chi connectivity index (χ1v) is 11.1. The van der Waals surface area contributed by atoms with Crippen LogP contribution in [0, 0.1) is 27.3 Å². The molecule has 0 bridgehead atoms. The van der Waals surface area contributed by atoms with E-state index in [1.807, 2.05) is 30.0 Å². The lowest BCUT2D eigenvalue weighted by atomic mass is 10.1. The number of carbonyl (C=O) groups is 1. The van der Waals surface area contributed by atoms with E-state index in [4.69, 9.17) is 0 Å². The molecule has 1 aliphatic heterocycles. The van der Waals surface area contributed by atoms with Crippen molar-refractivity contribution in [2.45, 2.75) is 13.0 Å². The molecule has 1 amide bonds. The standard InChI is InChI=1S/C25H23FN6O3/c1-17(21-6-2-3-10-28-21)29-22-9-8-18(15-24(22)32(34)35)25(33)31-13-11-30(12-14-31)23-7-4-5-20(26)19(23)16-27/h2-10,15,17,29H,11-14H2,1H3. The number of aromatic nitrogens is 1. The highest BCUT2D eigenvalue weighted by Gasteiger charge is 2.26. The van der Waals surface area contributed by atoms with Crippen LogP contribution < -0.4 is 10.2 Å². The molecule has 0 spiro atoms. The zero-order valence-electron chi connectivity index (χ0n) is 19.0. The van der Waals surface area contributed by atoms with Crippen molar-refractivity contribution in [1.82, 2.24) is 9.88 Å². The van der Waals surface area contributed by atoms with Crippen molar-refractivity contribution in [3.05, 3.63) is 93.5 Å². The van der Waals surface area contributed by atoms with Crippen molar-refractivity contribution in [1.29, 1.82) is 5.26 Å². The van der Waals surface area contributed by atoms with Crippen LogP contribution in [0.25, 0.3) is 0 Å². The largest absolute Gasteiger partial charge is 0.371 e. The highest BCUT2D eigenvalue weighted by atomic mass is 19.1. The molecule has 1 saturated heterocycles. The van der Waals surface area contributed by atoms with Gasteiger partial charge in [-0.05, 0) is 43.3 Å². The number of anilines is 2. The number of nitriles is 1. The summed E-state index contributed by atoms with van der Waals surface area (Å²) < 4.78 is 14.0. The van der Waals surface area contributed by atoms with Crippen molar-refractivity contribution >= 4 is 23.0 Å². The Hall–Kier alpha value is -4.52. The predicted octanol–water partition coefficient (Wildman–Crippen LogP) is 4.14. The number of rotatable bonds is 6. The summed E-state index contributed by atoms with van der Waals surface area (Å²) >= 11 is 0. The molecule has 0 saturated carbocycles. The first-order chi connectivity index (χ1) is 16.9. The number of nitrogens with one attached hydrogen (secondary N) is 1. The summed E-state index contributed by atoms with van der Waals surface area (Å²) in [5, 5.41) is 24.1. The van der Waals surface area contributed by atoms with Crippen molar-refractivity contribution in [2.75, 3.05) is 36.4 Å². The molecule has 3 aromatic rings. The van der Waals surface area contributed by atoms with Gasteiger partial charge in [-0.2, -0.15) is 5.26 Å². The summed E-state index contributed by atoms with van der Waals surface area (Å²) in [6.45, 7) is 3.34. The van der Waals surface area contributed by atoms with E-state index in [9.17, 15) is 24.6 Å². The molecular weight excluding hydrogens is 451 g/mol. The number of hydrogen-bond acceptors (Lipinski definition) is 7. The fourth-order valence-corrected chi connectivity index (χ4v) is 4.10. The van der Waals surface area contributed by atoms with Gasteiger partial charge in [-0.3, -0.25) is 19.9 Å². The number of carbonyl (C=O) groups excluding carboxylic acids is 1. The Labute approximate surface area is 201 Å². The zero-order chi connectivity index (χ0) is 24.9. The van der Waals surface area contributed by atoms with E-state index in [0.29, 0.717) is 37.6 Å². The minimum atomic E-state index is -0.582. The van der Waals surface area contributed by atoms with Gasteiger partial charge >= 0.3 is 0 Å². The van der Waals surface area contributed by atoms with Crippen molar-refractivity contribution in [3.63, 3.8) is 0 Å². The smallest absolute Gasteiger partial charge is 0.293 e. The van der Waals surface area contributed by atoms with Crippen LogP contribution in [-0.4, -0.2) is 46.9 Å². The van der Waals surface area contributed by atoms with Gasteiger partial charge in [0.25, 0.3) is 11.6 Å². The molecule has 4 rings (SSSR count). The molecule has 178 valence electrons. The number of pyridine rings is 1. The van der Waals surface area contributed by atoms with E-state index >= 15 is 0 Å². The second kappa shape index (κ2) is 10.2. The van der Waals surface area contributed by atoms with Crippen LogP contribution >= 0.6 is 0 Å². The molecule has 0 aliphatic carbocycles. The molecule has 1 unspecified atom stereocenters.